The molecule has 0 unspecified atom stereocenters. The third-order valence-corrected chi connectivity index (χ3v) is 6.26. The number of piperazine rings is 1. The van der Waals surface area contributed by atoms with Crippen LogP contribution in [0.2, 0.25) is 0 Å². The summed E-state index contributed by atoms with van der Waals surface area (Å²) >= 11 is 0. The lowest BCUT2D eigenvalue weighted by Gasteiger charge is -2.37. The first-order valence-electron chi connectivity index (χ1n) is 10.4. The second kappa shape index (κ2) is 9.41. The van der Waals surface area contributed by atoms with Gasteiger partial charge in [0.05, 0.1) is 13.7 Å². The smallest absolute Gasteiger partial charge is 0.254 e. The molecule has 2 amide bonds. The summed E-state index contributed by atoms with van der Waals surface area (Å²) in [6.45, 7) is 5.50. The number of amides is 2. The highest BCUT2D eigenvalue weighted by Crippen LogP contribution is 2.26. The van der Waals surface area contributed by atoms with E-state index in [1.807, 2.05) is 35.0 Å². The van der Waals surface area contributed by atoms with Gasteiger partial charge in [-0.1, -0.05) is 13.0 Å². The van der Waals surface area contributed by atoms with Crippen LogP contribution in [0.5, 0.6) is 5.75 Å². The normalized spacial score (nSPS) is 23.3. The predicted molar refractivity (Wildman–Crippen MR) is 110 cm³/mol. The number of methoxy groups -OCH3 is 1. The van der Waals surface area contributed by atoms with Crippen molar-refractivity contribution < 1.29 is 14.3 Å². The van der Waals surface area contributed by atoms with E-state index in [0.717, 1.165) is 31.8 Å². The number of hydrogen-bond donors (Lipinski definition) is 0. The number of carbonyl (C=O) groups is 2. The molecule has 1 aliphatic carbocycles. The van der Waals surface area contributed by atoms with Gasteiger partial charge in [-0.2, -0.15) is 0 Å². The molecule has 2 fully saturated rings. The highest BCUT2D eigenvalue weighted by Gasteiger charge is 2.28. The van der Waals surface area contributed by atoms with Crippen molar-refractivity contribution in [3.05, 3.63) is 29.8 Å². The minimum absolute atomic E-state index is 0.0262. The van der Waals surface area contributed by atoms with Crippen molar-refractivity contribution in [2.75, 3.05) is 46.9 Å². The van der Waals surface area contributed by atoms with Gasteiger partial charge in [0.25, 0.3) is 5.91 Å². The summed E-state index contributed by atoms with van der Waals surface area (Å²) in [5, 5.41) is 0. The van der Waals surface area contributed by atoms with E-state index in [1.165, 1.54) is 12.8 Å². The van der Waals surface area contributed by atoms with Gasteiger partial charge in [-0.3, -0.25) is 14.5 Å². The molecule has 1 aromatic rings. The minimum Gasteiger partial charge on any atom is -0.497 e. The van der Waals surface area contributed by atoms with Crippen LogP contribution >= 0.6 is 0 Å². The first-order chi connectivity index (χ1) is 13.5. The first-order valence-corrected chi connectivity index (χ1v) is 10.4. The summed E-state index contributed by atoms with van der Waals surface area (Å²) in [4.78, 5) is 31.4. The second-order valence-corrected chi connectivity index (χ2v) is 8.22. The minimum atomic E-state index is 0.0262. The van der Waals surface area contributed by atoms with Crippen LogP contribution < -0.4 is 4.74 Å². The summed E-state index contributed by atoms with van der Waals surface area (Å²) in [6, 6.07) is 7.66. The van der Waals surface area contributed by atoms with E-state index >= 15 is 0 Å². The molecule has 0 spiro atoms. The molecule has 6 nitrogen and oxygen atoms in total. The molecule has 0 atom stereocenters. The molecule has 3 rings (SSSR count). The molecule has 1 saturated heterocycles. The van der Waals surface area contributed by atoms with E-state index in [1.54, 1.807) is 13.2 Å². The third kappa shape index (κ3) is 5.04. The largest absolute Gasteiger partial charge is 0.497 e. The summed E-state index contributed by atoms with van der Waals surface area (Å²) < 4.78 is 5.21. The zero-order chi connectivity index (χ0) is 20.1. The van der Waals surface area contributed by atoms with E-state index in [2.05, 4.69) is 11.8 Å². The Hall–Kier alpha value is -2.08. The van der Waals surface area contributed by atoms with Gasteiger partial charge in [-0.15, -0.1) is 0 Å². The molecule has 1 heterocycles. The Bertz CT molecular complexity index is 677. The van der Waals surface area contributed by atoms with Crippen molar-refractivity contribution in [3.8, 4) is 5.75 Å². The Labute approximate surface area is 168 Å². The van der Waals surface area contributed by atoms with Crippen LogP contribution in [0.1, 0.15) is 43.0 Å². The van der Waals surface area contributed by atoms with Gasteiger partial charge in [-0.25, -0.2) is 0 Å². The van der Waals surface area contributed by atoms with Gasteiger partial charge in [0.2, 0.25) is 5.91 Å². The number of nitrogens with zero attached hydrogens (tertiary/aromatic N) is 3. The molecule has 28 heavy (non-hydrogen) atoms. The maximum absolute atomic E-state index is 12.7. The Morgan fingerprint density at radius 2 is 1.79 bits per heavy atom. The van der Waals surface area contributed by atoms with E-state index in [0.29, 0.717) is 37.0 Å². The summed E-state index contributed by atoms with van der Waals surface area (Å²) in [6.07, 6.45) is 4.67. The number of hydrogen-bond acceptors (Lipinski definition) is 4. The molecule has 1 aromatic carbocycles. The number of likely N-dealkylation sites (N-methyl/N-ethyl adjacent to an activating group) is 1. The van der Waals surface area contributed by atoms with Crippen LogP contribution in [0.3, 0.4) is 0 Å². The van der Waals surface area contributed by atoms with E-state index in [-0.39, 0.29) is 11.8 Å². The second-order valence-electron chi connectivity index (χ2n) is 8.22. The zero-order valence-electron chi connectivity index (χ0n) is 17.4. The Kier molecular flexibility index (Phi) is 6.94. The lowest BCUT2D eigenvalue weighted by molar-refractivity contribution is -0.134. The van der Waals surface area contributed by atoms with Crippen LogP contribution in [-0.2, 0) is 4.79 Å². The number of carbonyl (C=O) groups excluding carboxylic acids is 2. The van der Waals surface area contributed by atoms with E-state index in [4.69, 9.17) is 4.74 Å². The lowest BCUT2D eigenvalue weighted by atomic mass is 9.87. The lowest BCUT2D eigenvalue weighted by Crippen LogP contribution is -2.52. The van der Waals surface area contributed by atoms with Gasteiger partial charge in [0, 0.05) is 44.8 Å². The topological polar surface area (TPSA) is 53.1 Å². The van der Waals surface area contributed by atoms with Gasteiger partial charge in [-0.05, 0) is 49.8 Å². The standard InChI is InChI=1S/C22H33N3O3/c1-17-7-9-19(10-8-17)23(2)21(26)16-24-11-13-25(14-12-24)22(27)18-5-4-6-20(15-18)28-3/h4-6,15,17,19H,7-14,16H2,1-3H3. The first kappa shape index (κ1) is 20.6. The van der Waals surface area contributed by atoms with E-state index < -0.39 is 0 Å². The number of rotatable bonds is 5. The average molecular weight is 388 g/mol. The summed E-state index contributed by atoms with van der Waals surface area (Å²) in [7, 11) is 3.55. The molecule has 0 aromatic heterocycles. The van der Waals surface area contributed by atoms with Crippen molar-refractivity contribution in [1.82, 2.24) is 14.7 Å². The third-order valence-electron chi connectivity index (χ3n) is 6.26. The molecule has 1 aliphatic heterocycles. The van der Waals surface area contributed by atoms with Gasteiger partial charge in [0.15, 0.2) is 0 Å². The highest BCUT2D eigenvalue weighted by molar-refractivity contribution is 5.94. The number of ether oxygens (including phenoxy) is 1. The molecule has 0 N–H and O–H groups in total. The van der Waals surface area contributed by atoms with Crippen molar-refractivity contribution >= 4 is 11.8 Å². The van der Waals surface area contributed by atoms with Gasteiger partial charge < -0.3 is 14.5 Å². The van der Waals surface area contributed by atoms with Crippen LogP contribution in [0.25, 0.3) is 0 Å². The maximum Gasteiger partial charge on any atom is 0.254 e. The average Bonchev–Trinajstić information content (AvgIpc) is 2.73. The van der Waals surface area contributed by atoms with Gasteiger partial charge >= 0.3 is 0 Å². The maximum atomic E-state index is 12.7. The summed E-state index contributed by atoms with van der Waals surface area (Å²) in [5.41, 5.74) is 0.648. The SMILES string of the molecule is COc1cccc(C(=O)N2CCN(CC(=O)N(C)C3CCC(C)CC3)CC2)c1. The highest BCUT2D eigenvalue weighted by atomic mass is 16.5. The molecule has 0 bridgehead atoms. The molecule has 6 heteroatoms. The fourth-order valence-corrected chi connectivity index (χ4v) is 4.18. The van der Waals surface area contributed by atoms with Crippen molar-refractivity contribution in [2.24, 2.45) is 5.92 Å². The van der Waals surface area contributed by atoms with Crippen molar-refractivity contribution in [2.45, 2.75) is 38.6 Å². The molecule has 154 valence electrons. The molecule has 0 radical (unpaired) electrons. The van der Waals surface area contributed by atoms with Crippen LogP contribution in [0.4, 0.5) is 0 Å². The van der Waals surface area contributed by atoms with Crippen LogP contribution in [-0.4, -0.2) is 79.4 Å². The van der Waals surface area contributed by atoms with Crippen molar-refractivity contribution in [3.63, 3.8) is 0 Å². The quantitative estimate of drug-likeness (QED) is 0.779. The molecular formula is C22H33N3O3. The van der Waals surface area contributed by atoms with E-state index in [9.17, 15) is 9.59 Å². The Balaban J connectivity index is 1.47. The predicted octanol–water partition coefficient (Wildman–Crippen LogP) is 2.49. The fraction of sp³-hybridized carbons (Fsp3) is 0.636. The van der Waals surface area contributed by atoms with Crippen LogP contribution in [0.15, 0.2) is 24.3 Å². The Morgan fingerprint density at radius 1 is 1.11 bits per heavy atom. The monoisotopic (exact) mass is 387 g/mol. The molecular weight excluding hydrogens is 354 g/mol. The Morgan fingerprint density at radius 3 is 2.43 bits per heavy atom. The number of benzene rings is 1. The fourth-order valence-electron chi connectivity index (χ4n) is 4.18. The zero-order valence-corrected chi connectivity index (χ0v) is 17.4. The molecule has 2 aliphatic rings. The summed E-state index contributed by atoms with van der Waals surface area (Å²) in [5.74, 6) is 1.70. The van der Waals surface area contributed by atoms with Gasteiger partial charge in [0.1, 0.15) is 5.75 Å². The van der Waals surface area contributed by atoms with Crippen LogP contribution in [0, 0.1) is 5.92 Å². The van der Waals surface area contributed by atoms with Crippen molar-refractivity contribution in [1.29, 1.82) is 0 Å². The molecule has 1 saturated carbocycles.